The van der Waals surface area contributed by atoms with Gasteiger partial charge >= 0.3 is 0 Å². The molecule has 0 saturated heterocycles. The second kappa shape index (κ2) is 6.74. The molecule has 1 rings (SSSR count). The summed E-state index contributed by atoms with van der Waals surface area (Å²) in [6.45, 7) is 4.80. The summed E-state index contributed by atoms with van der Waals surface area (Å²) in [6.07, 6.45) is 1.36. The summed E-state index contributed by atoms with van der Waals surface area (Å²) in [5.74, 6) is 0.123. The number of hydrogen-bond donors (Lipinski definition) is 3. The van der Waals surface area contributed by atoms with Gasteiger partial charge in [0, 0.05) is 13.6 Å². The number of pyridine rings is 1. The molecule has 110 valence electrons. The van der Waals surface area contributed by atoms with E-state index in [0.717, 1.165) is 0 Å². The smallest absolute Gasteiger partial charge is 0.250 e. The molecule has 1 heterocycles. The van der Waals surface area contributed by atoms with Gasteiger partial charge in [-0.25, -0.2) is 4.98 Å². The number of anilines is 2. The molecular weight excluding hydrogens is 258 g/mol. The first-order valence-electron chi connectivity index (χ1n) is 6.34. The fraction of sp³-hybridized carbons (Fsp3) is 0.462. The third-order valence-corrected chi connectivity index (χ3v) is 2.67. The van der Waals surface area contributed by atoms with E-state index in [4.69, 9.17) is 11.5 Å². The number of carbonyl (C=O) groups is 2. The van der Waals surface area contributed by atoms with Crippen LogP contribution in [0.1, 0.15) is 24.2 Å². The molecule has 0 bridgehead atoms. The monoisotopic (exact) mass is 279 g/mol. The average molecular weight is 279 g/mol. The van der Waals surface area contributed by atoms with Crippen LogP contribution in [0.5, 0.6) is 0 Å². The fourth-order valence-electron chi connectivity index (χ4n) is 1.55. The summed E-state index contributed by atoms with van der Waals surface area (Å²) < 4.78 is 0. The van der Waals surface area contributed by atoms with E-state index in [1.165, 1.54) is 12.3 Å². The van der Waals surface area contributed by atoms with Gasteiger partial charge in [-0.05, 0) is 12.0 Å². The van der Waals surface area contributed by atoms with Crippen molar-refractivity contribution >= 4 is 23.3 Å². The Morgan fingerprint density at radius 3 is 2.65 bits per heavy atom. The second-order valence-corrected chi connectivity index (χ2v) is 5.05. The van der Waals surface area contributed by atoms with Gasteiger partial charge in [-0.1, -0.05) is 13.8 Å². The van der Waals surface area contributed by atoms with E-state index in [9.17, 15) is 9.59 Å². The Kier molecular flexibility index (Phi) is 5.31. The van der Waals surface area contributed by atoms with Crippen LogP contribution in [-0.2, 0) is 4.79 Å². The number of nitrogens with zero attached hydrogens (tertiary/aromatic N) is 2. The van der Waals surface area contributed by atoms with Gasteiger partial charge in [-0.15, -0.1) is 0 Å². The molecule has 0 aliphatic rings. The molecule has 2 amide bonds. The summed E-state index contributed by atoms with van der Waals surface area (Å²) in [4.78, 5) is 28.6. The number of likely N-dealkylation sites (N-methyl/N-ethyl adjacent to an activating group) is 1. The molecule has 1 aromatic heterocycles. The SMILES string of the molecule is CC(C)CNC(=O)CN(C)c1cc(C(N)=O)c(N)cn1. The zero-order chi connectivity index (χ0) is 15.3. The van der Waals surface area contributed by atoms with Gasteiger partial charge in [0.2, 0.25) is 5.91 Å². The Balaban J connectivity index is 2.72. The molecule has 0 fully saturated rings. The van der Waals surface area contributed by atoms with Gasteiger partial charge in [0.1, 0.15) is 5.82 Å². The van der Waals surface area contributed by atoms with Crippen molar-refractivity contribution in [3.8, 4) is 0 Å². The van der Waals surface area contributed by atoms with Gasteiger partial charge in [0.15, 0.2) is 0 Å². The lowest BCUT2D eigenvalue weighted by Gasteiger charge is -2.19. The van der Waals surface area contributed by atoms with Crippen LogP contribution in [0, 0.1) is 5.92 Å². The number of nitrogen functional groups attached to an aromatic ring is 1. The first-order chi connectivity index (χ1) is 9.31. The molecule has 0 atom stereocenters. The molecule has 0 spiro atoms. The van der Waals surface area contributed by atoms with Crippen LogP contribution < -0.4 is 21.7 Å². The van der Waals surface area contributed by atoms with E-state index in [1.54, 1.807) is 11.9 Å². The standard InChI is InChI=1S/C13H21N5O2/c1-8(2)5-17-12(19)7-18(3)11-4-9(13(15)20)10(14)6-16-11/h4,6,8H,5,7,14H2,1-3H3,(H2,15,20)(H,17,19). The maximum Gasteiger partial charge on any atom is 0.250 e. The van der Waals surface area contributed by atoms with E-state index < -0.39 is 5.91 Å². The minimum Gasteiger partial charge on any atom is -0.397 e. The van der Waals surface area contributed by atoms with E-state index in [0.29, 0.717) is 18.3 Å². The van der Waals surface area contributed by atoms with Gasteiger partial charge < -0.3 is 21.7 Å². The van der Waals surface area contributed by atoms with Crippen LogP contribution in [0.15, 0.2) is 12.3 Å². The number of nitrogens with one attached hydrogen (secondary N) is 1. The molecule has 0 radical (unpaired) electrons. The van der Waals surface area contributed by atoms with Crippen molar-refractivity contribution in [2.75, 3.05) is 30.8 Å². The van der Waals surface area contributed by atoms with E-state index in [2.05, 4.69) is 10.3 Å². The lowest BCUT2D eigenvalue weighted by atomic mass is 10.2. The van der Waals surface area contributed by atoms with Gasteiger partial charge in [-0.2, -0.15) is 0 Å². The predicted octanol–water partition coefficient (Wildman–Crippen LogP) is -0.0289. The van der Waals surface area contributed by atoms with Crippen molar-refractivity contribution < 1.29 is 9.59 Å². The molecule has 20 heavy (non-hydrogen) atoms. The van der Waals surface area contributed by atoms with Crippen molar-refractivity contribution in [2.24, 2.45) is 11.7 Å². The quantitative estimate of drug-likeness (QED) is 0.676. The third kappa shape index (κ3) is 4.42. The molecule has 0 unspecified atom stereocenters. The van der Waals surface area contributed by atoms with Crippen molar-refractivity contribution in [2.45, 2.75) is 13.8 Å². The first kappa shape index (κ1) is 15.7. The molecule has 0 saturated carbocycles. The molecule has 0 aliphatic heterocycles. The number of amides is 2. The van der Waals surface area contributed by atoms with Crippen molar-refractivity contribution in [1.29, 1.82) is 0 Å². The van der Waals surface area contributed by atoms with Gasteiger partial charge in [-0.3, -0.25) is 9.59 Å². The minimum absolute atomic E-state index is 0.111. The van der Waals surface area contributed by atoms with Gasteiger partial charge in [0.25, 0.3) is 5.91 Å². The highest BCUT2D eigenvalue weighted by atomic mass is 16.2. The Hall–Kier alpha value is -2.31. The largest absolute Gasteiger partial charge is 0.397 e. The molecule has 7 nitrogen and oxygen atoms in total. The Labute approximate surface area is 118 Å². The Bertz CT molecular complexity index is 502. The van der Waals surface area contributed by atoms with Crippen molar-refractivity contribution in [3.05, 3.63) is 17.8 Å². The Morgan fingerprint density at radius 2 is 2.10 bits per heavy atom. The summed E-state index contributed by atoms with van der Waals surface area (Å²) in [7, 11) is 1.71. The van der Waals surface area contributed by atoms with Crippen LogP contribution in [0.3, 0.4) is 0 Å². The number of rotatable bonds is 6. The Morgan fingerprint density at radius 1 is 1.45 bits per heavy atom. The third-order valence-electron chi connectivity index (χ3n) is 2.67. The number of nitrogens with two attached hydrogens (primary N) is 2. The van der Waals surface area contributed by atoms with Crippen LogP contribution in [0.4, 0.5) is 11.5 Å². The predicted molar refractivity (Wildman–Crippen MR) is 78.3 cm³/mol. The maximum atomic E-state index is 11.7. The fourth-order valence-corrected chi connectivity index (χ4v) is 1.55. The zero-order valence-corrected chi connectivity index (χ0v) is 12.0. The average Bonchev–Trinajstić information content (AvgIpc) is 2.36. The first-order valence-corrected chi connectivity index (χ1v) is 6.34. The minimum atomic E-state index is -0.621. The van der Waals surface area contributed by atoms with Crippen molar-refractivity contribution in [3.63, 3.8) is 0 Å². The summed E-state index contributed by atoms with van der Waals surface area (Å²) >= 11 is 0. The lowest BCUT2D eigenvalue weighted by molar-refractivity contribution is -0.119. The second-order valence-electron chi connectivity index (χ2n) is 5.05. The lowest BCUT2D eigenvalue weighted by Crippen LogP contribution is -2.37. The van der Waals surface area contributed by atoms with E-state index in [1.807, 2.05) is 13.8 Å². The molecule has 0 aromatic carbocycles. The summed E-state index contributed by atoms with van der Waals surface area (Å²) in [5.41, 5.74) is 11.3. The topological polar surface area (TPSA) is 114 Å². The van der Waals surface area contributed by atoms with Crippen LogP contribution >= 0.6 is 0 Å². The molecule has 7 heteroatoms. The highest BCUT2D eigenvalue weighted by Crippen LogP contribution is 2.16. The highest BCUT2D eigenvalue weighted by Gasteiger charge is 2.13. The van der Waals surface area contributed by atoms with E-state index >= 15 is 0 Å². The molecule has 5 N–H and O–H groups in total. The normalized spacial score (nSPS) is 10.4. The zero-order valence-electron chi connectivity index (χ0n) is 12.0. The van der Waals surface area contributed by atoms with Crippen LogP contribution in [-0.4, -0.2) is 36.9 Å². The highest BCUT2D eigenvalue weighted by molar-refractivity contribution is 5.98. The molecule has 1 aromatic rings. The molecular formula is C13H21N5O2. The van der Waals surface area contributed by atoms with Crippen LogP contribution in [0.25, 0.3) is 0 Å². The van der Waals surface area contributed by atoms with Gasteiger partial charge in [0.05, 0.1) is 24.0 Å². The van der Waals surface area contributed by atoms with E-state index in [-0.39, 0.29) is 23.7 Å². The number of hydrogen-bond acceptors (Lipinski definition) is 5. The summed E-state index contributed by atoms with van der Waals surface area (Å²) in [6, 6.07) is 1.48. The number of aromatic nitrogens is 1. The summed E-state index contributed by atoms with van der Waals surface area (Å²) in [5, 5.41) is 2.81. The number of carbonyl (C=O) groups excluding carboxylic acids is 2. The number of primary amides is 1. The van der Waals surface area contributed by atoms with Crippen LogP contribution in [0.2, 0.25) is 0 Å². The molecule has 0 aliphatic carbocycles. The maximum absolute atomic E-state index is 11.7. The van der Waals surface area contributed by atoms with Crippen molar-refractivity contribution in [1.82, 2.24) is 10.3 Å².